The van der Waals surface area contributed by atoms with E-state index < -0.39 is 0 Å². The zero-order chi connectivity index (χ0) is 9.26. The molecule has 0 aromatic rings. The van der Waals surface area contributed by atoms with Crippen LogP contribution in [0.4, 0.5) is 0 Å². The second-order valence-corrected chi connectivity index (χ2v) is 4.17. The Balaban J connectivity index is 1.87. The molecular weight excluding hydrogens is 190 g/mol. The predicted molar refractivity (Wildman–Crippen MR) is 49.7 cm³/mol. The van der Waals surface area contributed by atoms with Crippen LogP contribution in [0.1, 0.15) is 6.42 Å². The van der Waals surface area contributed by atoms with E-state index in [-0.39, 0.29) is 5.91 Å². The molecular formula is C9H14ClNO2. The van der Waals surface area contributed by atoms with E-state index in [1.807, 2.05) is 4.90 Å². The molecule has 2 aliphatic heterocycles. The van der Waals surface area contributed by atoms with Crippen molar-refractivity contribution in [1.82, 2.24) is 4.90 Å². The summed E-state index contributed by atoms with van der Waals surface area (Å²) in [6.07, 6.45) is 0.474. The third-order valence-corrected chi connectivity index (χ3v) is 3.09. The fourth-order valence-electron chi connectivity index (χ4n) is 2.13. The summed E-state index contributed by atoms with van der Waals surface area (Å²) < 4.78 is 5.34. The third kappa shape index (κ3) is 1.81. The number of likely N-dealkylation sites (tertiary alicyclic amines) is 1. The van der Waals surface area contributed by atoms with Gasteiger partial charge in [0.15, 0.2) is 0 Å². The van der Waals surface area contributed by atoms with Crippen molar-refractivity contribution >= 4 is 17.5 Å². The van der Waals surface area contributed by atoms with Gasteiger partial charge >= 0.3 is 0 Å². The van der Waals surface area contributed by atoms with Crippen molar-refractivity contribution in [2.75, 3.05) is 32.2 Å². The SMILES string of the molecule is O=C(CCCl)N1C[C@@H]2COC[C@H]2C1. The van der Waals surface area contributed by atoms with E-state index in [4.69, 9.17) is 16.3 Å². The van der Waals surface area contributed by atoms with Gasteiger partial charge in [0, 0.05) is 37.2 Å². The number of amides is 1. The Kier molecular flexibility index (Phi) is 2.74. The number of halogens is 1. The zero-order valence-corrected chi connectivity index (χ0v) is 8.29. The Bertz CT molecular complexity index is 198. The van der Waals surface area contributed by atoms with Crippen LogP contribution in [-0.4, -0.2) is 43.0 Å². The molecule has 0 N–H and O–H groups in total. The Labute approximate surface area is 83.0 Å². The van der Waals surface area contributed by atoms with Gasteiger partial charge in [0.1, 0.15) is 0 Å². The second kappa shape index (κ2) is 3.84. The summed E-state index contributed by atoms with van der Waals surface area (Å²) in [4.78, 5) is 13.4. The van der Waals surface area contributed by atoms with E-state index in [2.05, 4.69) is 0 Å². The van der Waals surface area contributed by atoms with Gasteiger partial charge in [0.05, 0.1) is 13.2 Å². The first-order chi connectivity index (χ1) is 6.31. The number of nitrogens with zero attached hydrogens (tertiary/aromatic N) is 1. The highest BCUT2D eigenvalue weighted by Crippen LogP contribution is 2.29. The number of ether oxygens (including phenoxy) is 1. The minimum Gasteiger partial charge on any atom is -0.381 e. The average molecular weight is 204 g/mol. The van der Waals surface area contributed by atoms with Crippen LogP contribution in [0.3, 0.4) is 0 Å². The molecule has 0 spiro atoms. The molecule has 2 aliphatic rings. The number of hydrogen-bond donors (Lipinski definition) is 0. The van der Waals surface area contributed by atoms with Crippen molar-refractivity contribution in [3.05, 3.63) is 0 Å². The molecule has 2 rings (SSSR count). The molecule has 0 unspecified atom stereocenters. The molecule has 0 bridgehead atoms. The van der Waals surface area contributed by atoms with Gasteiger partial charge in [0.25, 0.3) is 0 Å². The highest BCUT2D eigenvalue weighted by molar-refractivity contribution is 6.18. The van der Waals surface area contributed by atoms with Crippen LogP contribution in [0, 0.1) is 11.8 Å². The van der Waals surface area contributed by atoms with Crippen molar-refractivity contribution in [2.45, 2.75) is 6.42 Å². The quantitative estimate of drug-likeness (QED) is 0.619. The highest BCUT2D eigenvalue weighted by Gasteiger charge is 2.38. The van der Waals surface area contributed by atoms with Crippen LogP contribution in [0.15, 0.2) is 0 Å². The fraction of sp³-hybridized carbons (Fsp3) is 0.889. The minimum atomic E-state index is 0.199. The highest BCUT2D eigenvalue weighted by atomic mass is 35.5. The molecule has 4 heteroatoms. The predicted octanol–water partition coefficient (Wildman–Crippen LogP) is 0.720. The summed E-state index contributed by atoms with van der Waals surface area (Å²) >= 11 is 5.52. The van der Waals surface area contributed by atoms with Gasteiger partial charge in [-0.25, -0.2) is 0 Å². The number of carbonyl (C=O) groups excluding carboxylic acids is 1. The van der Waals surface area contributed by atoms with E-state index in [0.717, 1.165) is 26.3 Å². The van der Waals surface area contributed by atoms with Gasteiger partial charge < -0.3 is 9.64 Å². The number of carbonyl (C=O) groups is 1. The van der Waals surface area contributed by atoms with Crippen molar-refractivity contribution in [2.24, 2.45) is 11.8 Å². The third-order valence-electron chi connectivity index (χ3n) is 2.90. The molecule has 2 saturated heterocycles. The van der Waals surface area contributed by atoms with Crippen LogP contribution in [-0.2, 0) is 9.53 Å². The van der Waals surface area contributed by atoms with Crippen LogP contribution in [0.5, 0.6) is 0 Å². The molecule has 13 heavy (non-hydrogen) atoms. The number of rotatable bonds is 2. The summed E-state index contributed by atoms with van der Waals surface area (Å²) in [6, 6.07) is 0. The molecule has 2 heterocycles. The van der Waals surface area contributed by atoms with Crippen LogP contribution < -0.4 is 0 Å². The van der Waals surface area contributed by atoms with Crippen LogP contribution in [0.25, 0.3) is 0 Å². The minimum absolute atomic E-state index is 0.199. The van der Waals surface area contributed by atoms with Crippen molar-refractivity contribution in [3.63, 3.8) is 0 Å². The number of alkyl halides is 1. The lowest BCUT2D eigenvalue weighted by molar-refractivity contribution is -0.130. The molecule has 0 saturated carbocycles. The molecule has 2 fully saturated rings. The van der Waals surface area contributed by atoms with E-state index in [1.54, 1.807) is 0 Å². The Hall–Kier alpha value is -0.280. The van der Waals surface area contributed by atoms with Crippen molar-refractivity contribution in [1.29, 1.82) is 0 Å². The summed E-state index contributed by atoms with van der Waals surface area (Å²) in [5.41, 5.74) is 0. The topological polar surface area (TPSA) is 29.5 Å². The van der Waals surface area contributed by atoms with E-state index in [0.29, 0.717) is 24.1 Å². The zero-order valence-electron chi connectivity index (χ0n) is 7.54. The van der Waals surface area contributed by atoms with Crippen molar-refractivity contribution in [3.8, 4) is 0 Å². The smallest absolute Gasteiger partial charge is 0.223 e. The van der Waals surface area contributed by atoms with Gasteiger partial charge in [-0.1, -0.05) is 0 Å². The maximum Gasteiger partial charge on any atom is 0.223 e. The molecule has 0 aromatic carbocycles. The maximum absolute atomic E-state index is 11.5. The summed E-state index contributed by atoms with van der Waals surface area (Å²) in [5, 5.41) is 0. The van der Waals surface area contributed by atoms with Crippen molar-refractivity contribution < 1.29 is 9.53 Å². The summed E-state index contributed by atoms with van der Waals surface area (Å²) in [5.74, 6) is 1.80. The molecule has 2 atom stereocenters. The maximum atomic E-state index is 11.5. The Morgan fingerprint density at radius 3 is 2.54 bits per heavy atom. The Morgan fingerprint density at radius 2 is 2.00 bits per heavy atom. The van der Waals surface area contributed by atoms with E-state index in [9.17, 15) is 4.79 Å². The van der Waals surface area contributed by atoms with Gasteiger partial charge in [0.2, 0.25) is 5.91 Å². The number of fused-ring (bicyclic) bond motifs is 1. The average Bonchev–Trinajstić information content (AvgIpc) is 2.61. The monoisotopic (exact) mass is 203 g/mol. The largest absolute Gasteiger partial charge is 0.381 e. The van der Waals surface area contributed by atoms with Gasteiger partial charge in [-0.2, -0.15) is 0 Å². The van der Waals surface area contributed by atoms with Gasteiger partial charge in [-0.15, -0.1) is 11.6 Å². The lowest BCUT2D eigenvalue weighted by atomic mass is 10.0. The molecule has 74 valence electrons. The fourth-order valence-corrected chi connectivity index (χ4v) is 2.29. The van der Waals surface area contributed by atoms with E-state index in [1.165, 1.54) is 0 Å². The van der Waals surface area contributed by atoms with Gasteiger partial charge in [-0.05, 0) is 0 Å². The first-order valence-corrected chi connectivity index (χ1v) is 5.26. The lowest BCUT2D eigenvalue weighted by Gasteiger charge is -2.16. The van der Waals surface area contributed by atoms with Gasteiger partial charge in [-0.3, -0.25) is 4.79 Å². The summed E-state index contributed by atoms with van der Waals surface area (Å²) in [6.45, 7) is 3.41. The normalized spacial score (nSPS) is 32.2. The van der Waals surface area contributed by atoms with E-state index >= 15 is 0 Å². The first kappa shape index (κ1) is 9.28. The standard InChI is InChI=1S/C9H14ClNO2/c10-2-1-9(12)11-3-7-5-13-6-8(7)4-11/h7-8H,1-6H2/t7-,8-/m1/s1. The second-order valence-electron chi connectivity index (χ2n) is 3.80. The van der Waals surface area contributed by atoms with Crippen LogP contribution in [0.2, 0.25) is 0 Å². The van der Waals surface area contributed by atoms with Crippen LogP contribution >= 0.6 is 11.6 Å². The molecule has 1 amide bonds. The first-order valence-electron chi connectivity index (χ1n) is 4.72. The molecule has 0 aromatic heterocycles. The molecule has 0 aliphatic carbocycles. The Morgan fingerprint density at radius 1 is 1.38 bits per heavy atom. The lowest BCUT2D eigenvalue weighted by Crippen LogP contribution is -2.30. The molecule has 0 radical (unpaired) electrons. The number of hydrogen-bond acceptors (Lipinski definition) is 2. The molecule has 3 nitrogen and oxygen atoms in total. The summed E-state index contributed by atoms with van der Waals surface area (Å²) in [7, 11) is 0.